The Labute approximate surface area is 131 Å². The van der Waals surface area contributed by atoms with E-state index in [2.05, 4.69) is 36.4 Å². The molecule has 0 saturated heterocycles. The lowest BCUT2D eigenvalue weighted by Gasteiger charge is -2.27. The van der Waals surface area contributed by atoms with Gasteiger partial charge in [-0.2, -0.15) is 0 Å². The molecular formula is C20H17OP. The highest BCUT2D eigenvalue weighted by Crippen LogP contribution is 2.42. The lowest BCUT2D eigenvalue weighted by Crippen LogP contribution is -2.27. The van der Waals surface area contributed by atoms with Gasteiger partial charge in [0.25, 0.3) is 0 Å². The predicted molar refractivity (Wildman–Crippen MR) is 97.3 cm³/mol. The summed E-state index contributed by atoms with van der Waals surface area (Å²) >= 11 is 0. The van der Waals surface area contributed by atoms with Gasteiger partial charge in [0.2, 0.25) is 0 Å². The number of carbonyl (C=O) groups is 1. The van der Waals surface area contributed by atoms with Gasteiger partial charge in [-0.15, -0.1) is 0 Å². The summed E-state index contributed by atoms with van der Waals surface area (Å²) in [5.74, 6) is 1.85. The van der Waals surface area contributed by atoms with E-state index in [1.165, 1.54) is 15.9 Å². The van der Waals surface area contributed by atoms with Crippen molar-refractivity contribution in [3.63, 3.8) is 0 Å². The van der Waals surface area contributed by atoms with Crippen LogP contribution in [0.25, 0.3) is 0 Å². The summed E-state index contributed by atoms with van der Waals surface area (Å²) in [5, 5.41) is 3.58. The second-order valence-corrected chi connectivity index (χ2v) is 8.31. The van der Waals surface area contributed by atoms with E-state index in [-0.39, 0.29) is 0 Å². The van der Waals surface area contributed by atoms with Crippen LogP contribution in [0.5, 0.6) is 0 Å². The van der Waals surface area contributed by atoms with Gasteiger partial charge in [-0.25, -0.2) is 0 Å². The molecule has 0 bridgehead atoms. The van der Waals surface area contributed by atoms with Crippen LogP contribution in [0.1, 0.15) is 0 Å². The zero-order valence-corrected chi connectivity index (χ0v) is 13.1. The van der Waals surface area contributed by atoms with Gasteiger partial charge in [0.05, 0.1) is 0 Å². The normalized spacial score (nSPS) is 10.9. The molecule has 0 aliphatic heterocycles. The first-order valence-electron chi connectivity index (χ1n) is 7.23. The first-order valence-corrected chi connectivity index (χ1v) is 9.09. The maximum atomic E-state index is 11.5. The van der Waals surface area contributed by atoms with E-state index in [4.69, 9.17) is 0 Å². The monoisotopic (exact) mass is 305 g/mol. The molecule has 0 spiro atoms. The van der Waals surface area contributed by atoms with Crippen LogP contribution in [0.2, 0.25) is 0 Å². The molecule has 0 aliphatic rings. The molecule has 3 aromatic carbocycles. The van der Waals surface area contributed by atoms with Gasteiger partial charge < -0.3 is 0 Å². The topological polar surface area (TPSA) is 17.1 Å². The molecule has 0 saturated carbocycles. The molecule has 22 heavy (non-hydrogen) atoms. The van der Waals surface area contributed by atoms with E-state index in [0.29, 0.717) is 0 Å². The Bertz CT molecular complexity index is 689. The standard InChI is InChI=1S/C20H17OP/c21-16-17-22(18-10-4-1-5-11-18,19-12-6-2-7-13-19)20-14-8-3-9-15-20/h1-17H/i18+1. The maximum absolute atomic E-state index is 11.5. The summed E-state index contributed by atoms with van der Waals surface area (Å²) < 4.78 is 0. The molecule has 3 aromatic rings. The largest absolute Gasteiger partial charge is 0.298 e. The van der Waals surface area contributed by atoms with Crippen molar-refractivity contribution >= 4 is 34.9 Å². The van der Waals surface area contributed by atoms with Crippen molar-refractivity contribution in [3.8, 4) is 0 Å². The van der Waals surface area contributed by atoms with Gasteiger partial charge in [-0.05, 0) is 28.6 Å². The van der Waals surface area contributed by atoms with Gasteiger partial charge in [-0.3, -0.25) is 4.79 Å². The molecule has 0 unspecified atom stereocenters. The van der Waals surface area contributed by atoms with Crippen LogP contribution in [-0.2, 0) is 4.79 Å². The maximum Gasteiger partial charge on any atom is 0.143 e. The third-order valence-electron chi connectivity index (χ3n) is 3.77. The average molecular weight is 305 g/mol. The molecule has 2 heteroatoms. The lowest BCUT2D eigenvalue weighted by atomic mass is 10.4. The second-order valence-electron chi connectivity index (χ2n) is 5.01. The highest BCUT2D eigenvalue weighted by atomic mass is 31.2. The summed E-state index contributed by atoms with van der Waals surface area (Å²) in [6, 6.07) is 31.0. The second kappa shape index (κ2) is 6.60. The van der Waals surface area contributed by atoms with Crippen molar-refractivity contribution in [1.82, 2.24) is 0 Å². The molecule has 0 N–H and O–H groups in total. The van der Waals surface area contributed by atoms with Crippen molar-refractivity contribution in [1.29, 1.82) is 0 Å². The SMILES string of the molecule is O=CC=P(c1ccccc1)(c1ccccc1)[13c]1ccccc1. The molecule has 108 valence electrons. The van der Waals surface area contributed by atoms with Crippen molar-refractivity contribution in [3.05, 3.63) is 91.0 Å². The van der Waals surface area contributed by atoms with Crippen LogP contribution < -0.4 is 15.9 Å². The first-order chi connectivity index (χ1) is 10.9. The third kappa shape index (κ3) is 2.56. The van der Waals surface area contributed by atoms with Crippen LogP contribution in [0, 0.1) is 0 Å². The van der Waals surface area contributed by atoms with Crippen LogP contribution in [0.3, 0.4) is 0 Å². The number of hydrogen-bond acceptors (Lipinski definition) is 1. The fourth-order valence-electron chi connectivity index (χ4n) is 2.79. The number of hydrogen-bond donors (Lipinski definition) is 0. The van der Waals surface area contributed by atoms with E-state index < -0.39 is 6.89 Å². The summed E-state index contributed by atoms with van der Waals surface area (Å²) in [6.07, 6.45) is 0.945. The Hall–Kier alpha value is -2.37. The first kappa shape index (κ1) is 14.6. The minimum atomic E-state index is -2.05. The highest BCUT2D eigenvalue weighted by molar-refractivity contribution is 7.95. The summed E-state index contributed by atoms with van der Waals surface area (Å²) in [5.41, 5.74) is 0. The Morgan fingerprint density at radius 3 is 1.14 bits per heavy atom. The molecular weight excluding hydrogens is 288 g/mol. The minimum absolute atomic E-state index is 0.945. The Balaban J connectivity index is 2.40. The number of aldehydes is 1. The quantitative estimate of drug-likeness (QED) is 0.535. The summed E-state index contributed by atoms with van der Waals surface area (Å²) in [6.45, 7) is -2.05. The molecule has 0 atom stereocenters. The van der Waals surface area contributed by atoms with Crippen LogP contribution >= 0.6 is 6.89 Å². The summed E-state index contributed by atoms with van der Waals surface area (Å²) in [7, 11) is 0. The Kier molecular flexibility index (Phi) is 4.37. The van der Waals surface area contributed by atoms with Crippen molar-refractivity contribution < 1.29 is 4.79 Å². The van der Waals surface area contributed by atoms with Crippen molar-refractivity contribution in [2.45, 2.75) is 0 Å². The van der Waals surface area contributed by atoms with E-state index in [9.17, 15) is 4.79 Å². The summed E-state index contributed by atoms with van der Waals surface area (Å²) in [4.78, 5) is 11.5. The fourth-order valence-corrected chi connectivity index (χ4v) is 6.31. The average Bonchev–Trinajstić information content (AvgIpc) is 2.62. The van der Waals surface area contributed by atoms with E-state index in [1.807, 2.05) is 60.4 Å². The minimum Gasteiger partial charge on any atom is -0.298 e. The van der Waals surface area contributed by atoms with Crippen molar-refractivity contribution in [2.75, 3.05) is 0 Å². The fraction of sp³-hybridized carbons (Fsp3) is 0. The van der Waals surface area contributed by atoms with Gasteiger partial charge in [0.1, 0.15) is 6.29 Å². The zero-order valence-electron chi connectivity index (χ0n) is 12.2. The Morgan fingerprint density at radius 2 is 0.864 bits per heavy atom. The van der Waals surface area contributed by atoms with E-state index in [0.717, 1.165) is 6.29 Å². The van der Waals surface area contributed by atoms with Gasteiger partial charge in [0, 0.05) is 0 Å². The smallest absolute Gasteiger partial charge is 0.143 e. The molecule has 3 rings (SSSR count). The molecule has 0 heterocycles. The zero-order chi connectivity index (χ0) is 15.3. The van der Waals surface area contributed by atoms with Crippen LogP contribution in [0.4, 0.5) is 0 Å². The van der Waals surface area contributed by atoms with Gasteiger partial charge >= 0.3 is 0 Å². The van der Waals surface area contributed by atoms with Gasteiger partial charge in [0.15, 0.2) is 0 Å². The molecule has 0 aromatic heterocycles. The number of rotatable bonds is 4. The molecule has 0 aliphatic carbocycles. The molecule has 0 fully saturated rings. The van der Waals surface area contributed by atoms with Crippen molar-refractivity contribution in [2.24, 2.45) is 0 Å². The van der Waals surface area contributed by atoms with E-state index in [1.54, 1.807) is 0 Å². The third-order valence-corrected chi connectivity index (χ3v) is 7.68. The van der Waals surface area contributed by atoms with Crippen LogP contribution in [-0.4, -0.2) is 12.1 Å². The highest BCUT2D eigenvalue weighted by Gasteiger charge is 2.24. The lowest BCUT2D eigenvalue weighted by molar-refractivity contribution is -0.102. The molecule has 0 amide bonds. The Morgan fingerprint density at radius 1 is 0.545 bits per heavy atom. The van der Waals surface area contributed by atoms with Gasteiger partial charge in [-0.1, -0.05) is 91.0 Å². The molecule has 1 nitrogen and oxygen atoms in total. The number of benzene rings is 3. The number of carbonyl (C=O) groups excluding carboxylic acids is 1. The van der Waals surface area contributed by atoms with Crippen LogP contribution in [0.15, 0.2) is 91.0 Å². The predicted octanol–water partition coefficient (Wildman–Crippen LogP) is 2.98. The van der Waals surface area contributed by atoms with E-state index >= 15 is 0 Å². The molecule has 0 radical (unpaired) electrons.